The maximum absolute atomic E-state index is 13.3. The third-order valence-electron chi connectivity index (χ3n) is 4.96. The summed E-state index contributed by atoms with van der Waals surface area (Å²) in [5.41, 5.74) is -0.227. The standard InChI is InChI=1S/C19H29O5P/c1-2-3-4-8-12-16(25(22,23)17-13-9-14-24-17)18(19(20)21)15-10-6-5-7-11-15/h5-7,10-11,16-18H,2-4,8-9,12-14H2,1H3,(H,20,21)(H,22,23). The van der Waals surface area contributed by atoms with Crippen LogP contribution in [0.3, 0.4) is 0 Å². The lowest BCUT2D eigenvalue weighted by Gasteiger charge is -2.31. The molecular formula is C19H29O5P. The van der Waals surface area contributed by atoms with Gasteiger partial charge >= 0.3 is 5.97 Å². The Labute approximate surface area is 149 Å². The van der Waals surface area contributed by atoms with E-state index in [0.29, 0.717) is 25.0 Å². The summed E-state index contributed by atoms with van der Waals surface area (Å²) in [6.07, 6.45) is 5.52. The number of benzene rings is 1. The van der Waals surface area contributed by atoms with E-state index in [9.17, 15) is 19.4 Å². The number of carboxylic acid groups (broad SMARTS) is 1. The van der Waals surface area contributed by atoms with Crippen molar-refractivity contribution in [2.24, 2.45) is 0 Å². The molecule has 0 spiro atoms. The third-order valence-corrected chi connectivity index (χ3v) is 7.70. The summed E-state index contributed by atoms with van der Waals surface area (Å²) < 4.78 is 18.8. The normalized spacial score (nSPS) is 22.2. The smallest absolute Gasteiger partial charge is 0.311 e. The van der Waals surface area contributed by atoms with Gasteiger partial charge in [-0.2, -0.15) is 0 Å². The van der Waals surface area contributed by atoms with Gasteiger partial charge in [-0.1, -0.05) is 62.9 Å². The van der Waals surface area contributed by atoms with Crippen LogP contribution >= 0.6 is 7.37 Å². The van der Waals surface area contributed by atoms with E-state index in [1.54, 1.807) is 24.3 Å². The second kappa shape index (κ2) is 9.51. The second-order valence-electron chi connectivity index (χ2n) is 6.78. The average Bonchev–Trinajstić information content (AvgIpc) is 3.13. The van der Waals surface area contributed by atoms with Gasteiger partial charge in [0, 0.05) is 6.61 Å². The Bertz CT molecular complexity index is 583. The Morgan fingerprint density at radius 1 is 1.28 bits per heavy atom. The molecule has 0 aliphatic carbocycles. The summed E-state index contributed by atoms with van der Waals surface area (Å²) in [6, 6.07) is 8.82. The van der Waals surface area contributed by atoms with Crippen LogP contribution in [0.4, 0.5) is 0 Å². The van der Waals surface area contributed by atoms with Crippen LogP contribution in [0.15, 0.2) is 30.3 Å². The second-order valence-corrected chi connectivity index (χ2v) is 9.37. The summed E-state index contributed by atoms with van der Waals surface area (Å²) in [4.78, 5) is 22.9. The highest BCUT2D eigenvalue weighted by Gasteiger charge is 2.47. The number of ether oxygens (including phenoxy) is 1. The highest BCUT2D eigenvalue weighted by Crippen LogP contribution is 2.60. The van der Waals surface area contributed by atoms with Gasteiger partial charge in [0.05, 0.1) is 11.6 Å². The molecule has 0 aromatic heterocycles. The Morgan fingerprint density at radius 3 is 2.56 bits per heavy atom. The zero-order valence-corrected chi connectivity index (χ0v) is 15.7. The lowest BCUT2D eigenvalue weighted by atomic mass is 9.92. The van der Waals surface area contributed by atoms with Crippen molar-refractivity contribution in [1.82, 2.24) is 0 Å². The molecule has 1 aliphatic heterocycles. The molecule has 0 bridgehead atoms. The summed E-state index contributed by atoms with van der Waals surface area (Å²) in [7, 11) is -3.78. The maximum Gasteiger partial charge on any atom is 0.311 e. The Kier molecular flexibility index (Phi) is 7.67. The molecule has 25 heavy (non-hydrogen) atoms. The number of aliphatic carboxylic acids is 1. The van der Waals surface area contributed by atoms with Crippen LogP contribution in [0.25, 0.3) is 0 Å². The molecule has 0 radical (unpaired) electrons. The topological polar surface area (TPSA) is 83.8 Å². The van der Waals surface area contributed by atoms with Gasteiger partial charge in [0.15, 0.2) is 0 Å². The Balaban J connectivity index is 2.30. The number of rotatable bonds is 10. The quantitative estimate of drug-likeness (QED) is 0.466. The van der Waals surface area contributed by atoms with Crippen molar-refractivity contribution in [2.45, 2.75) is 69.3 Å². The van der Waals surface area contributed by atoms with Crippen LogP contribution in [0, 0.1) is 0 Å². The van der Waals surface area contributed by atoms with Crippen molar-refractivity contribution < 1.29 is 24.1 Å². The fraction of sp³-hybridized carbons (Fsp3) is 0.632. The molecular weight excluding hydrogens is 339 g/mol. The van der Waals surface area contributed by atoms with E-state index in [0.717, 1.165) is 32.1 Å². The van der Waals surface area contributed by atoms with Gasteiger partial charge in [0.1, 0.15) is 5.85 Å². The molecule has 5 nitrogen and oxygen atoms in total. The zero-order chi connectivity index (χ0) is 18.3. The molecule has 1 heterocycles. The predicted molar refractivity (Wildman–Crippen MR) is 98.2 cm³/mol. The molecule has 140 valence electrons. The van der Waals surface area contributed by atoms with Crippen LogP contribution in [-0.4, -0.2) is 34.1 Å². The van der Waals surface area contributed by atoms with E-state index in [-0.39, 0.29) is 0 Å². The van der Waals surface area contributed by atoms with Gasteiger partial charge in [-0.15, -0.1) is 0 Å². The van der Waals surface area contributed by atoms with E-state index in [4.69, 9.17) is 4.74 Å². The molecule has 4 unspecified atom stereocenters. The number of unbranched alkanes of at least 4 members (excludes halogenated alkanes) is 3. The first-order valence-electron chi connectivity index (χ1n) is 9.20. The summed E-state index contributed by atoms with van der Waals surface area (Å²) >= 11 is 0. The molecule has 4 atom stereocenters. The summed E-state index contributed by atoms with van der Waals surface area (Å²) in [5.74, 6) is -2.75. The Hall–Kier alpha value is -1.16. The highest BCUT2D eigenvalue weighted by atomic mass is 31.2. The Morgan fingerprint density at radius 2 is 2.00 bits per heavy atom. The fourth-order valence-electron chi connectivity index (χ4n) is 3.60. The van der Waals surface area contributed by atoms with E-state index in [1.807, 2.05) is 6.07 Å². The number of hydrogen-bond donors (Lipinski definition) is 2. The van der Waals surface area contributed by atoms with E-state index >= 15 is 0 Å². The van der Waals surface area contributed by atoms with Crippen LogP contribution in [0.1, 0.15) is 63.4 Å². The van der Waals surface area contributed by atoms with Crippen LogP contribution in [0.5, 0.6) is 0 Å². The molecule has 1 aliphatic rings. The van der Waals surface area contributed by atoms with Crippen molar-refractivity contribution in [3.63, 3.8) is 0 Å². The van der Waals surface area contributed by atoms with Gasteiger partial charge in [-0.3, -0.25) is 9.36 Å². The zero-order valence-electron chi connectivity index (χ0n) is 14.8. The van der Waals surface area contributed by atoms with Gasteiger partial charge in [-0.05, 0) is 24.8 Å². The molecule has 1 aromatic rings. The van der Waals surface area contributed by atoms with Gasteiger partial charge < -0.3 is 14.7 Å². The largest absolute Gasteiger partial charge is 0.481 e. The van der Waals surface area contributed by atoms with Gasteiger partial charge in [0.25, 0.3) is 0 Å². The SMILES string of the molecule is CCCCCCC(C(C(=O)O)c1ccccc1)P(=O)(O)C1CCCO1. The molecule has 6 heteroatoms. The lowest BCUT2D eigenvalue weighted by molar-refractivity contribution is -0.139. The highest BCUT2D eigenvalue weighted by molar-refractivity contribution is 7.59. The molecule has 2 rings (SSSR count). The van der Waals surface area contributed by atoms with E-state index < -0.39 is 30.8 Å². The molecule has 0 saturated carbocycles. The number of carbonyl (C=O) groups is 1. The van der Waals surface area contributed by atoms with Crippen LogP contribution < -0.4 is 0 Å². The molecule has 2 N–H and O–H groups in total. The molecule has 1 saturated heterocycles. The summed E-state index contributed by atoms with van der Waals surface area (Å²) in [5, 5.41) is 9.83. The molecule has 1 aromatic carbocycles. The first kappa shape index (κ1) is 20.2. The molecule has 0 amide bonds. The maximum atomic E-state index is 13.3. The van der Waals surface area contributed by atoms with E-state index in [1.165, 1.54) is 0 Å². The first-order chi connectivity index (χ1) is 12.0. The predicted octanol–water partition coefficient (Wildman–Crippen LogP) is 4.60. The van der Waals surface area contributed by atoms with Crippen LogP contribution in [0.2, 0.25) is 0 Å². The minimum Gasteiger partial charge on any atom is -0.481 e. The van der Waals surface area contributed by atoms with Crippen molar-refractivity contribution in [3.05, 3.63) is 35.9 Å². The van der Waals surface area contributed by atoms with E-state index in [2.05, 4.69) is 6.92 Å². The van der Waals surface area contributed by atoms with Crippen molar-refractivity contribution in [1.29, 1.82) is 0 Å². The monoisotopic (exact) mass is 368 g/mol. The summed E-state index contributed by atoms with van der Waals surface area (Å²) in [6.45, 7) is 2.58. The molecule has 1 fully saturated rings. The van der Waals surface area contributed by atoms with Crippen LogP contribution in [-0.2, 0) is 14.1 Å². The minimum absolute atomic E-state index is 0.430. The average molecular weight is 368 g/mol. The number of hydrogen-bond acceptors (Lipinski definition) is 3. The first-order valence-corrected chi connectivity index (χ1v) is 11.0. The third kappa shape index (κ3) is 5.16. The van der Waals surface area contributed by atoms with Crippen molar-refractivity contribution in [3.8, 4) is 0 Å². The van der Waals surface area contributed by atoms with Gasteiger partial charge in [-0.25, -0.2) is 0 Å². The van der Waals surface area contributed by atoms with Crippen molar-refractivity contribution >= 4 is 13.3 Å². The van der Waals surface area contributed by atoms with Gasteiger partial charge in [0.2, 0.25) is 7.37 Å². The minimum atomic E-state index is -3.78. The fourth-order valence-corrected chi connectivity index (χ4v) is 6.18. The lowest BCUT2D eigenvalue weighted by Crippen LogP contribution is -2.30. The van der Waals surface area contributed by atoms with Crippen molar-refractivity contribution in [2.75, 3.05) is 6.61 Å². The number of carboxylic acids is 1.